The number of hydrogen-bond acceptors (Lipinski definition) is 4. The van der Waals surface area contributed by atoms with Gasteiger partial charge in [-0.2, -0.15) is 0 Å². The lowest BCUT2D eigenvalue weighted by Crippen LogP contribution is -2.48. The van der Waals surface area contributed by atoms with Crippen molar-refractivity contribution in [3.8, 4) is 6.01 Å². The third-order valence-electron chi connectivity index (χ3n) is 2.86. The van der Waals surface area contributed by atoms with E-state index in [4.69, 9.17) is 4.74 Å². The van der Waals surface area contributed by atoms with Crippen LogP contribution < -0.4 is 10.1 Å². The highest BCUT2D eigenvalue weighted by Gasteiger charge is 2.25. The summed E-state index contributed by atoms with van der Waals surface area (Å²) < 4.78 is 18.2. The first-order valence-corrected chi connectivity index (χ1v) is 6.36. The average molecular weight is 268 g/mol. The molecule has 19 heavy (non-hydrogen) atoms. The topological polar surface area (TPSA) is 67.4 Å². The van der Waals surface area contributed by atoms with Crippen LogP contribution in [-0.4, -0.2) is 46.6 Å². The minimum atomic E-state index is -0.500. The van der Waals surface area contributed by atoms with Crippen molar-refractivity contribution in [1.29, 1.82) is 0 Å². The SMILES string of the molecule is CCNC(=O)N1CCCC(Oc2ncc(F)cn2)C1. The maximum Gasteiger partial charge on any atom is 0.317 e. The zero-order valence-corrected chi connectivity index (χ0v) is 10.8. The van der Waals surface area contributed by atoms with Crippen LogP contribution in [0.25, 0.3) is 0 Å². The van der Waals surface area contributed by atoms with E-state index in [1.54, 1.807) is 4.90 Å². The number of nitrogens with zero attached hydrogens (tertiary/aromatic N) is 3. The number of hydrogen-bond donors (Lipinski definition) is 1. The maximum atomic E-state index is 12.7. The van der Waals surface area contributed by atoms with Crippen LogP contribution in [0.4, 0.5) is 9.18 Å². The summed E-state index contributed by atoms with van der Waals surface area (Å²) in [5.74, 6) is -0.500. The van der Waals surface area contributed by atoms with Crippen LogP contribution in [0.15, 0.2) is 12.4 Å². The van der Waals surface area contributed by atoms with Crippen LogP contribution in [-0.2, 0) is 0 Å². The Labute approximate surface area is 111 Å². The van der Waals surface area contributed by atoms with Gasteiger partial charge in [-0.3, -0.25) is 0 Å². The fourth-order valence-corrected chi connectivity index (χ4v) is 1.99. The molecular weight excluding hydrogens is 251 g/mol. The molecule has 1 aliphatic heterocycles. The van der Waals surface area contributed by atoms with E-state index in [0.717, 1.165) is 31.8 Å². The lowest BCUT2D eigenvalue weighted by Gasteiger charge is -2.32. The first-order chi connectivity index (χ1) is 9.19. The molecule has 0 aromatic carbocycles. The molecule has 0 bridgehead atoms. The van der Waals surface area contributed by atoms with Gasteiger partial charge in [-0.15, -0.1) is 0 Å². The number of halogens is 1. The van der Waals surface area contributed by atoms with Crippen molar-refractivity contribution in [2.24, 2.45) is 0 Å². The lowest BCUT2D eigenvalue weighted by atomic mass is 10.1. The van der Waals surface area contributed by atoms with Crippen LogP contribution >= 0.6 is 0 Å². The molecule has 1 unspecified atom stereocenters. The number of carbonyl (C=O) groups excluding carboxylic acids is 1. The van der Waals surface area contributed by atoms with Crippen molar-refractivity contribution in [3.63, 3.8) is 0 Å². The van der Waals surface area contributed by atoms with Gasteiger partial charge in [0.05, 0.1) is 18.9 Å². The van der Waals surface area contributed by atoms with Gasteiger partial charge in [0.25, 0.3) is 0 Å². The van der Waals surface area contributed by atoms with Crippen molar-refractivity contribution in [3.05, 3.63) is 18.2 Å². The van der Waals surface area contributed by atoms with Gasteiger partial charge in [-0.25, -0.2) is 19.2 Å². The van der Waals surface area contributed by atoms with E-state index in [1.807, 2.05) is 6.92 Å². The number of amides is 2. The summed E-state index contributed by atoms with van der Waals surface area (Å²) in [4.78, 5) is 20.9. The Morgan fingerprint density at radius 1 is 1.58 bits per heavy atom. The van der Waals surface area contributed by atoms with Crippen molar-refractivity contribution in [1.82, 2.24) is 20.2 Å². The summed E-state index contributed by atoms with van der Waals surface area (Å²) in [7, 11) is 0. The average Bonchev–Trinajstić information content (AvgIpc) is 2.42. The van der Waals surface area contributed by atoms with Gasteiger partial charge in [-0.1, -0.05) is 0 Å². The Hall–Kier alpha value is -1.92. The fourth-order valence-electron chi connectivity index (χ4n) is 1.99. The number of nitrogens with one attached hydrogen (secondary N) is 1. The maximum absolute atomic E-state index is 12.7. The molecule has 104 valence electrons. The Bertz CT molecular complexity index is 426. The van der Waals surface area contributed by atoms with E-state index < -0.39 is 5.82 Å². The first-order valence-electron chi connectivity index (χ1n) is 6.36. The lowest BCUT2D eigenvalue weighted by molar-refractivity contribution is 0.0939. The molecular formula is C12H17FN4O2. The van der Waals surface area contributed by atoms with E-state index in [1.165, 1.54) is 0 Å². The number of ether oxygens (including phenoxy) is 1. The van der Waals surface area contributed by atoms with Crippen molar-refractivity contribution < 1.29 is 13.9 Å². The van der Waals surface area contributed by atoms with E-state index in [-0.39, 0.29) is 18.1 Å². The first kappa shape index (κ1) is 13.5. The minimum absolute atomic E-state index is 0.0872. The number of piperidine rings is 1. The van der Waals surface area contributed by atoms with E-state index in [2.05, 4.69) is 15.3 Å². The Morgan fingerprint density at radius 2 is 2.32 bits per heavy atom. The van der Waals surface area contributed by atoms with E-state index >= 15 is 0 Å². The zero-order valence-electron chi connectivity index (χ0n) is 10.8. The standard InChI is InChI=1S/C12H17FN4O2/c1-2-14-12(18)17-5-3-4-10(8-17)19-11-15-6-9(13)7-16-11/h6-7,10H,2-5,8H2,1H3,(H,14,18). The van der Waals surface area contributed by atoms with Crippen molar-refractivity contribution in [2.75, 3.05) is 19.6 Å². The molecule has 2 heterocycles. The minimum Gasteiger partial charge on any atom is -0.458 e. The van der Waals surface area contributed by atoms with Crippen molar-refractivity contribution >= 4 is 6.03 Å². The highest BCUT2D eigenvalue weighted by atomic mass is 19.1. The Kier molecular flexibility index (Phi) is 4.48. The number of urea groups is 1. The second kappa shape index (κ2) is 6.31. The van der Waals surface area contributed by atoms with Crippen molar-refractivity contribution in [2.45, 2.75) is 25.9 Å². The zero-order chi connectivity index (χ0) is 13.7. The van der Waals surface area contributed by atoms with Gasteiger partial charge < -0.3 is 15.0 Å². The molecule has 0 radical (unpaired) electrons. The molecule has 2 amide bonds. The molecule has 1 atom stereocenters. The van der Waals surface area contributed by atoms with Crippen LogP contribution in [0.2, 0.25) is 0 Å². The quantitative estimate of drug-likeness (QED) is 0.894. The van der Waals surface area contributed by atoms with Gasteiger partial charge in [0, 0.05) is 13.1 Å². The Balaban J connectivity index is 1.90. The molecule has 0 spiro atoms. The predicted molar refractivity (Wildman–Crippen MR) is 66.3 cm³/mol. The molecule has 0 aliphatic carbocycles. The third kappa shape index (κ3) is 3.77. The molecule has 1 N–H and O–H groups in total. The Morgan fingerprint density at radius 3 is 3.00 bits per heavy atom. The number of rotatable bonds is 3. The normalized spacial score (nSPS) is 19.1. The summed E-state index contributed by atoms with van der Waals surface area (Å²) >= 11 is 0. The van der Waals surface area contributed by atoms with E-state index in [0.29, 0.717) is 13.1 Å². The van der Waals surface area contributed by atoms with Gasteiger partial charge >= 0.3 is 12.0 Å². The highest BCUT2D eigenvalue weighted by molar-refractivity contribution is 5.74. The van der Waals surface area contributed by atoms with Crippen LogP contribution in [0.5, 0.6) is 6.01 Å². The summed E-state index contributed by atoms with van der Waals surface area (Å²) in [6.07, 6.45) is 3.67. The molecule has 7 heteroatoms. The molecule has 1 aromatic rings. The summed E-state index contributed by atoms with van der Waals surface area (Å²) in [5.41, 5.74) is 0. The summed E-state index contributed by atoms with van der Waals surface area (Å²) in [6.45, 7) is 3.69. The summed E-state index contributed by atoms with van der Waals surface area (Å²) in [6, 6.07) is 0.0555. The molecule has 1 aliphatic rings. The van der Waals surface area contributed by atoms with Gasteiger partial charge in [0.15, 0.2) is 5.82 Å². The third-order valence-corrected chi connectivity index (χ3v) is 2.86. The summed E-state index contributed by atoms with van der Waals surface area (Å²) in [5, 5.41) is 2.76. The smallest absolute Gasteiger partial charge is 0.317 e. The van der Waals surface area contributed by atoms with Crippen LogP contribution in [0.3, 0.4) is 0 Å². The second-order valence-corrected chi connectivity index (χ2v) is 4.35. The molecule has 1 aromatic heterocycles. The van der Waals surface area contributed by atoms with Gasteiger partial charge in [0.1, 0.15) is 6.10 Å². The number of likely N-dealkylation sites (tertiary alicyclic amines) is 1. The second-order valence-electron chi connectivity index (χ2n) is 4.35. The predicted octanol–water partition coefficient (Wildman–Crippen LogP) is 1.19. The number of aromatic nitrogens is 2. The molecule has 1 saturated heterocycles. The fraction of sp³-hybridized carbons (Fsp3) is 0.583. The molecule has 2 rings (SSSR count). The van der Waals surface area contributed by atoms with Gasteiger partial charge in [-0.05, 0) is 19.8 Å². The highest BCUT2D eigenvalue weighted by Crippen LogP contribution is 2.15. The molecule has 1 fully saturated rings. The molecule has 0 saturated carbocycles. The van der Waals surface area contributed by atoms with Gasteiger partial charge in [0.2, 0.25) is 0 Å². The monoisotopic (exact) mass is 268 g/mol. The number of carbonyl (C=O) groups is 1. The van der Waals surface area contributed by atoms with Crippen LogP contribution in [0.1, 0.15) is 19.8 Å². The molecule has 6 nitrogen and oxygen atoms in total. The van der Waals surface area contributed by atoms with E-state index in [9.17, 15) is 9.18 Å². The largest absolute Gasteiger partial charge is 0.458 e. The van der Waals surface area contributed by atoms with Crippen LogP contribution in [0, 0.1) is 5.82 Å².